The molecule has 0 saturated carbocycles. The van der Waals surface area contributed by atoms with Gasteiger partial charge in [0.1, 0.15) is 24.0 Å². The molecule has 1 saturated heterocycles. The van der Waals surface area contributed by atoms with E-state index in [0.29, 0.717) is 21.4 Å². The molecule has 8 heteroatoms. The Balaban J connectivity index is 1.69. The lowest BCUT2D eigenvalue weighted by Gasteiger charge is -2.23. The van der Waals surface area contributed by atoms with E-state index in [0.717, 1.165) is 16.0 Å². The number of benzene rings is 2. The SMILES string of the molecule is Cc1cc(OCC(O)CN2C(=O)NC(C)(c3ccc(Cl)cc3)C2=O)c(C(C)C)cc1Cl. The Kier molecular flexibility index (Phi) is 6.84. The minimum Gasteiger partial charge on any atom is -0.491 e. The maximum absolute atomic E-state index is 13.0. The zero-order chi connectivity index (χ0) is 22.9. The topological polar surface area (TPSA) is 78.9 Å². The molecule has 166 valence electrons. The van der Waals surface area contributed by atoms with E-state index in [1.165, 1.54) is 0 Å². The van der Waals surface area contributed by atoms with Crippen LogP contribution in [0.3, 0.4) is 0 Å². The van der Waals surface area contributed by atoms with Crippen molar-refractivity contribution in [2.45, 2.75) is 45.3 Å². The number of nitrogens with one attached hydrogen (secondary N) is 1. The first-order chi connectivity index (χ1) is 14.5. The summed E-state index contributed by atoms with van der Waals surface area (Å²) in [7, 11) is 0. The van der Waals surface area contributed by atoms with Crippen LogP contribution in [-0.4, -0.2) is 41.2 Å². The molecule has 2 unspecified atom stereocenters. The molecule has 2 N–H and O–H groups in total. The molecule has 2 aromatic rings. The van der Waals surface area contributed by atoms with Gasteiger partial charge in [0.15, 0.2) is 0 Å². The van der Waals surface area contributed by atoms with Crippen molar-refractivity contribution in [2.75, 3.05) is 13.2 Å². The van der Waals surface area contributed by atoms with Crippen LogP contribution in [0.2, 0.25) is 10.0 Å². The number of aliphatic hydroxyl groups is 1. The lowest BCUT2D eigenvalue weighted by Crippen LogP contribution is -2.42. The molecule has 1 heterocycles. The van der Waals surface area contributed by atoms with Gasteiger partial charge in [0, 0.05) is 10.0 Å². The predicted octanol–water partition coefficient (Wildman–Crippen LogP) is 4.63. The highest BCUT2D eigenvalue weighted by Gasteiger charge is 2.49. The van der Waals surface area contributed by atoms with Crippen molar-refractivity contribution < 1.29 is 19.4 Å². The van der Waals surface area contributed by atoms with E-state index in [-0.39, 0.29) is 19.1 Å². The standard InChI is InChI=1S/C23H26Cl2N2O4/c1-13(2)18-10-19(25)14(3)9-20(18)31-12-17(28)11-27-21(29)23(4,26-22(27)30)15-5-7-16(24)8-6-15/h5-10,13,17,28H,11-12H2,1-4H3,(H,26,30). The Morgan fingerprint density at radius 2 is 1.81 bits per heavy atom. The summed E-state index contributed by atoms with van der Waals surface area (Å²) in [6, 6.07) is 9.83. The van der Waals surface area contributed by atoms with E-state index in [2.05, 4.69) is 5.32 Å². The molecule has 0 aliphatic carbocycles. The highest BCUT2D eigenvalue weighted by molar-refractivity contribution is 6.31. The number of imide groups is 1. The first-order valence-electron chi connectivity index (χ1n) is 10.0. The van der Waals surface area contributed by atoms with E-state index < -0.39 is 23.6 Å². The molecular weight excluding hydrogens is 439 g/mol. The van der Waals surface area contributed by atoms with Crippen LogP contribution in [0.25, 0.3) is 0 Å². The van der Waals surface area contributed by atoms with Crippen molar-refractivity contribution in [3.8, 4) is 5.75 Å². The molecule has 6 nitrogen and oxygen atoms in total. The zero-order valence-corrected chi connectivity index (χ0v) is 19.4. The first-order valence-corrected chi connectivity index (χ1v) is 10.8. The van der Waals surface area contributed by atoms with Gasteiger partial charge in [-0.2, -0.15) is 0 Å². The summed E-state index contributed by atoms with van der Waals surface area (Å²) in [6.45, 7) is 7.29. The zero-order valence-electron chi connectivity index (χ0n) is 17.9. The van der Waals surface area contributed by atoms with E-state index >= 15 is 0 Å². The van der Waals surface area contributed by atoms with Gasteiger partial charge in [-0.25, -0.2) is 4.79 Å². The monoisotopic (exact) mass is 464 g/mol. The third-order valence-electron chi connectivity index (χ3n) is 5.43. The number of hydrogen-bond donors (Lipinski definition) is 2. The number of β-amino-alcohol motifs (C(OH)–C–C–N with tert-alkyl or cyclic N) is 1. The molecule has 1 fully saturated rings. The molecule has 0 bridgehead atoms. The van der Waals surface area contributed by atoms with Crippen LogP contribution >= 0.6 is 23.2 Å². The van der Waals surface area contributed by atoms with Crippen LogP contribution in [0.4, 0.5) is 4.79 Å². The van der Waals surface area contributed by atoms with Crippen molar-refractivity contribution in [2.24, 2.45) is 0 Å². The van der Waals surface area contributed by atoms with Crippen molar-refractivity contribution >= 4 is 35.1 Å². The third kappa shape index (κ3) is 4.81. The fourth-order valence-electron chi connectivity index (χ4n) is 3.54. The number of amides is 3. The average Bonchev–Trinajstić information content (AvgIpc) is 2.92. The number of rotatable bonds is 7. The molecule has 1 aliphatic rings. The Morgan fingerprint density at radius 1 is 1.16 bits per heavy atom. The number of hydrogen-bond acceptors (Lipinski definition) is 4. The van der Waals surface area contributed by atoms with Crippen LogP contribution in [-0.2, 0) is 10.3 Å². The second-order valence-electron chi connectivity index (χ2n) is 8.24. The minimum atomic E-state index is -1.22. The van der Waals surface area contributed by atoms with Gasteiger partial charge < -0.3 is 15.2 Å². The van der Waals surface area contributed by atoms with Gasteiger partial charge in [0.2, 0.25) is 0 Å². The fourth-order valence-corrected chi connectivity index (χ4v) is 3.84. The largest absolute Gasteiger partial charge is 0.491 e. The van der Waals surface area contributed by atoms with Crippen LogP contribution in [0.15, 0.2) is 36.4 Å². The van der Waals surface area contributed by atoms with Crippen LogP contribution in [0.5, 0.6) is 5.75 Å². The molecule has 0 radical (unpaired) electrons. The molecule has 2 atom stereocenters. The van der Waals surface area contributed by atoms with Gasteiger partial charge in [-0.05, 0) is 60.7 Å². The first kappa shape index (κ1) is 23.4. The van der Waals surface area contributed by atoms with Crippen molar-refractivity contribution in [3.05, 3.63) is 63.1 Å². The van der Waals surface area contributed by atoms with Crippen molar-refractivity contribution in [1.29, 1.82) is 0 Å². The second kappa shape index (κ2) is 9.07. The number of carbonyl (C=O) groups is 2. The maximum Gasteiger partial charge on any atom is 0.325 e. The third-order valence-corrected chi connectivity index (χ3v) is 6.09. The number of urea groups is 1. The number of nitrogens with zero attached hydrogens (tertiary/aromatic N) is 1. The lowest BCUT2D eigenvalue weighted by molar-refractivity contribution is -0.132. The Hall–Kier alpha value is -2.28. The Labute approximate surface area is 192 Å². The van der Waals surface area contributed by atoms with Gasteiger partial charge in [-0.1, -0.05) is 49.2 Å². The minimum absolute atomic E-state index is 0.0739. The number of ether oxygens (including phenoxy) is 1. The van der Waals surface area contributed by atoms with Gasteiger partial charge in [-0.15, -0.1) is 0 Å². The number of aryl methyl sites for hydroxylation is 1. The summed E-state index contributed by atoms with van der Waals surface area (Å²) < 4.78 is 5.83. The number of carbonyl (C=O) groups excluding carboxylic acids is 2. The molecule has 1 aliphatic heterocycles. The predicted molar refractivity (Wildman–Crippen MR) is 121 cm³/mol. The van der Waals surface area contributed by atoms with E-state index in [1.807, 2.05) is 32.9 Å². The normalized spacial score (nSPS) is 19.7. The summed E-state index contributed by atoms with van der Waals surface area (Å²) in [5, 5.41) is 14.4. The highest BCUT2D eigenvalue weighted by Crippen LogP contribution is 2.33. The summed E-state index contributed by atoms with van der Waals surface area (Å²) in [6.07, 6.45) is -1.06. The van der Waals surface area contributed by atoms with Crippen LogP contribution < -0.4 is 10.1 Å². The molecular formula is C23H26Cl2N2O4. The quantitative estimate of drug-likeness (QED) is 0.585. The molecule has 3 amide bonds. The number of aliphatic hydroxyl groups excluding tert-OH is 1. The average molecular weight is 465 g/mol. The van der Waals surface area contributed by atoms with Crippen LogP contribution in [0, 0.1) is 6.92 Å². The van der Waals surface area contributed by atoms with Gasteiger partial charge in [0.05, 0.1) is 6.54 Å². The summed E-state index contributed by atoms with van der Waals surface area (Å²) >= 11 is 12.1. The Morgan fingerprint density at radius 3 is 2.42 bits per heavy atom. The maximum atomic E-state index is 13.0. The lowest BCUT2D eigenvalue weighted by atomic mass is 9.92. The summed E-state index contributed by atoms with van der Waals surface area (Å²) in [5.74, 6) is 0.361. The molecule has 31 heavy (non-hydrogen) atoms. The molecule has 0 spiro atoms. The fraction of sp³-hybridized carbons (Fsp3) is 0.391. The van der Waals surface area contributed by atoms with Gasteiger partial charge in [0.25, 0.3) is 5.91 Å². The number of halogens is 2. The van der Waals surface area contributed by atoms with E-state index in [1.54, 1.807) is 31.2 Å². The van der Waals surface area contributed by atoms with E-state index in [9.17, 15) is 14.7 Å². The highest BCUT2D eigenvalue weighted by atomic mass is 35.5. The van der Waals surface area contributed by atoms with Crippen LogP contribution in [0.1, 0.15) is 43.4 Å². The van der Waals surface area contributed by atoms with Gasteiger partial charge in [-0.3, -0.25) is 9.69 Å². The molecule has 0 aromatic heterocycles. The Bertz CT molecular complexity index is 994. The summed E-state index contributed by atoms with van der Waals surface area (Å²) in [4.78, 5) is 26.5. The molecule has 2 aromatic carbocycles. The molecule has 3 rings (SSSR count). The smallest absolute Gasteiger partial charge is 0.325 e. The van der Waals surface area contributed by atoms with Crippen molar-refractivity contribution in [1.82, 2.24) is 10.2 Å². The van der Waals surface area contributed by atoms with E-state index in [4.69, 9.17) is 27.9 Å². The van der Waals surface area contributed by atoms with Crippen molar-refractivity contribution in [3.63, 3.8) is 0 Å². The van der Waals surface area contributed by atoms with Gasteiger partial charge >= 0.3 is 6.03 Å². The second-order valence-corrected chi connectivity index (χ2v) is 9.08. The summed E-state index contributed by atoms with van der Waals surface area (Å²) in [5.41, 5.74) is 1.18.